The van der Waals surface area contributed by atoms with Gasteiger partial charge in [-0.1, -0.05) is 18.2 Å². The Kier molecular flexibility index (Phi) is 8.35. The molecule has 2 aromatic carbocycles. The predicted molar refractivity (Wildman–Crippen MR) is 111 cm³/mol. The summed E-state index contributed by atoms with van der Waals surface area (Å²) in [5, 5.41) is 2.69. The molecule has 0 spiro atoms. The van der Waals surface area contributed by atoms with Crippen molar-refractivity contribution in [3.63, 3.8) is 0 Å². The number of aldehydes is 1. The maximum Gasteiger partial charge on any atom is 0.248 e. The first-order valence-electron chi connectivity index (χ1n) is 8.95. The third kappa shape index (κ3) is 6.33. The summed E-state index contributed by atoms with van der Waals surface area (Å²) in [5.41, 5.74) is 1.69. The lowest BCUT2D eigenvalue weighted by Crippen LogP contribution is -2.09. The number of methoxy groups -OCH3 is 1. The Bertz CT molecular complexity index is 880. The summed E-state index contributed by atoms with van der Waals surface area (Å²) in [6, 6.07) is 12.2. The van der Waals surface area contributed by atoms with E-state index in [4.69, 9.17) is 15.9 Å². The zero-order valence-electron chi connectivity index (χ0n) is 15.8. The predicted octanol–water partition coefficient (Wildman–Crippen LogP) is 4.34. The number of benzene rings is 2. The van der Waals surface area contributed by atoms with E-state index in [-0.39, 0.29) is 5.91 Å². The van der Waals surface area contributed by atoms with Crippen LogP contribution in [0.3, 0.4) is 0 Å². The average Bonchev–Trinajstić information content (AvgIpc) is 2.72. The van der Waals surface area contributed by atoms with Crippen LogP contribution >= 0.6 is 0 Å². The van der Waals surface area contributed by atoms with Gasteiger partial charge in [-0.2, -0.15) is 0 Å². The van der Waals surface area contributed by atoms with Gasteiger partial charge >= 0.3 is 0 Å². The first-order chi connectivity index (χ1) is 13.7. The van der Waals surface area contributed by atoms with Crippen LogP contribution < -0.4 is 14.8 Å². The van der Waals surface area contributed by atoms with Crippen molar-refractivity contribution in [2.75, 3.05) is 19.0 Å². The normalized spacial score (nSPS) is 10.3. The van der Waals surface area contributed by atoms with Crippen LogP contribution in [-0.4, -0.2) is 25.9 Å². The molecule has 2 rings (SSSR count). The Morgan fingerprint density at radius 1 is 1.18 bits per heavy atom. The van der Waals surface area contributed by atoms with E-state index in [0.717, 1.165) is 24.8 Å². The van der Waals surface area contributed by atoms with Crippen molar-refractivity contribution in [1.82, 2.24) is 0 Å². The quantitative estimate of drug-likeness (QED) is 0.289. The molecule has 0 saturated heterocycles. The lowest BCUT2D eigenvalue weighted by molar-refractivity contribution is -0.111. The fourth-order valence-electron chi connectivity index (χ4n) is 2.48. The van der Waals surface area contributed by atoms with Crippen LogP contribution in [0, 0.1) is 12.3 Å². The highest BCUT2D eigenvalue weighted by Gasteiger charge is 2.06. The van der Waals surface area contributed by atoms with Crippen molar-refractivity contribution in [1.29, 1.82) is 0 Å². The fourth-order valence-corrected chi connectivity index (χ4v) is 2.48. The number of unbranched alkanes of at least 4 members (excludes halogenated alkanes) is 2. The molecule has 0 aliphatic carbocycles. The van der Waals surface area contributed by atoms with Gasteiger partial charge in [0, 0.05) is 18.1 Å². The van der Waals surface area contributed by atoms with E-state index in [9.17, 15) is 9.59 Å². The zero-order valence-corrected chi connectivity index (χ0v) is 15.8. The number of hydrogen-bond acceptors (Lipinski definition) is 4. The van der Waals surface area contributed by atoms with Crippen molar-refractivity contribution in [3.8, 4) is 23.8 Å². The number of nitrogens with one attached hydrogen (secondary N) is 1. The molecular weight excluding hydrogens is 354 g/mol. The second kappa shape index (κ2) is 11.2. The van der Waals surface area contributed by atoms with Crippen molar-refractivity contribution >= 4 is 24.0 Å². The van der Waals surface area contributed by atoms with Gasteiger partial charge in [0.2, 0.25) is 5.91 Å². The van der Waals surface area contributed by atoms with Crippen molar-refractivity contribution < 1.29 is 19.1 Å². The summed E-state index contributed by atoms with van der Waals surface area (Å²) < 4.78 is 11.1. The number of rotatable bonds is 10. The van der Waals surface area contributed by atoms with Crippen LogP contribution in [0.15, 0.2) is 48.5 Å². The minimum Gasteiger partial charge on any atom is -0.493 e. The van der Waals surface area contributed by atoms with Gasteiger partial charge in [0.1, 0.15) is 0 Å². The average molecular weight is 377 g/mol. The summed E-state index contributed by atoms with van der Waals surface area (Å²) in [5.74, 6) is 3.50. The standard InChI is InChI=1S/C23H23NO4/c1-3-4-5-8-15-28-22-16-18(11-13-21(22)27-2)12-14-23(26)24-20-10-7-6-9-19(20)17-25/h1,6-7,9-14,16-17H,4-5,8,15H2,2H3,(H,24,26)/b14-12+. The summed E-state index contributed by atoms with van der Waals surface area (Å²) >= 11 is 0. The van der Waals surface area contributed by atoms with E-state index in [1.807, 2.05) is 12.1 Å². The first kappa shape index (κ1) is 20.8. The van der Waals surface area contributed by atoms with E-state index in [0.29, 0.717) is 35.6 Å². The molecule has 0 aliphatic heterocycles. The Morgan fingerprint density at radius 3 is 2.75 bits per heavy atom. The smallest absolute Gasteiger partial charge is 0.248 e. The molecule has 0 unspecified atom stereocenters. The van der Waals surface area contributed by atoms with Gasteiger partial charge in [-0.15, -0.1) is 12.3 Å². The van der Waals surface area contributed by atoms with E-state index < -0.39 is 0 Å². The van der Waals surface area contributed by atoms with E-state index in [1.165, 1.54) is 6.08 Å². The van der Waals surface area contributed by atoms with Gasteiger partial charge < -0.3 is 14.8 Å². The van der Waals surface area contributed by atoms with Gasteiger partial charge in [0.05, 0.1) is 19.4 Å². The highest BCUT2D eigenvalue weighted by atomic mass is 16.5. The topological polar surface area (TPSA) is 64.6 Å². The molecule has 5 nitrogen and oxygen atoms in total. The molecule has 0 aromatic heterocycles. The Morgan fingerprint density at radius 2 is 2.00 bits per heavy atom. The minimum atomic E-state index is -0.332. The molecule has 28 heavy (non-hydrogen) atoms. The molecule has 1 N–H and O–H groups in total. The molecule has 0 atom stereocenters. The molecule has 0 heterocycles. The largest absolute Gasteiger partial charge is 0.493 e. The molecule has 0 saturated carbocycles. The van der Waals surface area contributed by atoms with Gasteiger partial charge in [0.25, 0.3) is 0 Å². The van der Waals surface area contributed by atoms with Crippen molar-refractivity contribution in [3.05, 3.63) is 59.7 Å². The Balaban J connectivity index is 2.02. The van der Waals surface area contributed by atoms with Crippen LogP contribution in [0.25, 0.3) is 6.08 Å². The number of hydrogen-bond donors (Lipinski definition) is 1. The molecule has 0 radical (unpaired) electrons. The highest BCUT2D eigenvalue weighted by Crippen LogP contribution is 2.28. The summed E-state index contributed by atoms with van der Waals surface area (Å²) in [6.45, 7) is 0.536. The lowest BCUT2D eigenvalue weighted by atomic mass is 10.1. The second-order valence-electron chi connectivity index (χ2n) is 5.95. The van der Waals surface area contributed by atoms with E-state index >= 15 is 0 Å². The third-order valence-electron chi connectivity index (χ3n) is 3.93. The number of carbonyl (C=O) groups is 2. The van der Waals surface area contributed by atoms with Crippen molar-refractivity contribution in [2.24, 2.45) is 0 Å². The summed E-state index contributed by atoms with van der Waals surface area (Å²) in [7, 11) is 1.58. The number of para-hydroxylation sites is 1. The highest BCUT2D eigenvalue weighted by molar-refractivity contribution is 6.04. The number of terminal acetylenes is 1. The van der Waals surface area contributed by atoms with Crippen molar-refractivity contribution in [2.45, 2.75) is 19.3 Å². The van der Waals surface area contributed by atoms with Crippen LogP contribution in [0.5, 0.6) is 11.5 Å². The Hall–Kier alpha value is -3.52. The molecule has 0 fully saturated rings. The first-order valence-corrected chi connectivity index (χ1v) is 8.95. The monoisotopic (exact) mass is 377 g/mol. The number of amides is 1. The summed E-state index contributed by atoms with van der Waals surface area (Å²) in [4.78, 5) is 23.2. The van der Waals surface area contributed by atoms with E-state index in [2.05, 4.69) is 11.2 Å². The minimum absolute atomic E-state index is 0.332. The number of ether oxygens (including phenoxy) is 2. The Labute approximate surface area is 165 Å². The fraction of sp³-hybridized carbons (Fsp3) is 0.217. The molecular formula is C23H23NO4. The number of carbonyl (C=O) groups excluding carboxylic acids is 2. The van der Waals surface area contributed by atoms with Crippen LogP contribution in [0.1, 0.15) is 35.2 Å². The van der Waals surface area contributed by atoms with Gasteiger partial charge in [-0.3, -0.25) is 9.59 Å². The molecule has 2 aromatic rings. The van der Waals surface area contributed by atoms with E-state index in [1.54, 1.807) is 43.5 Å². The molecule has 1 amide bonds. The van der Waals surface area contributed by atoms with Gasteiger partial charge in [-0.05, 0) is 48.7 Å². The molecule has 0 aliphatic rings. The lowest BCUT2D eigenvalue weighted by Gasteiger charge is -2.11. The molecule has 5 heteroatoms. The maximum absolute atomic E-state index is 12.1. The SMILES string of the molecule is C#CCCCCOc1cc(/C=C/C(=O)Nc2ccccc2C=O)ccc1OC. The number of anilines is 1. The molecule has 0 bridgehead atoms. The zero-order chi connectivity index (χ0) is 20.2. The second-order valence-corrected chi connectivity index (χ2v) is 5.95. The van der Waals surface area contributed by atoms with Gasteiger partial charge in [0.15, 0.2) is 17.8 Å². The van der Waals surface area contributed by atoms with Crippen LogP contribution in [0.4, 0.5) is 5.69 Å². The van der Waals surface area contributed by atoms with Gasteiger partial charge in [-0.25, -0.2) is 0 Å². The maximum atomic E-state index is 12.1. The van der Waals surface area contributed by atoms with Crippen LogP contribution in [0.2, 0.25) is 0 Å². The molecule has 144 valence electrons. The third-order valence-corrected chi connectivity index (χ3v) is 3.93. The van der Waals surface area contributed by atoms with Crippen LogP contribution in [-0.2, 0) is 4.79 Å². The summed E-state index contributed by atoms with van der Waals surface area (Å²) in [6.07, 6.45) is 11.5.